The van der Waals surface area contributed by atoms with Crippen molar-refractivity contribution in [3.05, 3.63) is 0 Å². The van der Waals surface area contributed by atoms with E-state index in [0.717, 1.165) is 11.7 Å². The second-order valence-corrected chi connectivity index (χ2v) is 8.03. The van der Waals surface area contributed by atoms with E-state index in [-0.39, 0.29) is 0 Å². The minimum absolute atomic E-state index is 0.394. The molecule has 1 rings (SSSR count). The van der Waals surface area contributed by atoms with Gasteiger partial charge in [0.15, 0.2) is 0 Å². The van der Waals surface area contributed by atoms with Crippen LogP contribution in [0, 0.1) is 11.3 Å². The van der Waals surface area contributed by atoms with Crippen LogP contribution in [0.25, 0.3) is 0 Å². The Morgan fingerprint density at radius 2 is 1.75 bits per heavy atom. The highest BCUT2D eigenvalue weighted by molar-refractivity contribution is 6.39. The van der Waals surface area contributed by atoms with E-state index in [9.17, 15) is 0 Å². The number of methoxy groups -OCH3 is 1. The van der Waals surface area contributed by atoms with E-state index < -0.39 is 0 Å². The predicted octanol–water partition coefficient (Wildman–Crippen LogP) is 5.46. The van der Waals surface area contributed by atoms with E-state index in [2.05, 4.69) is 34.6 Å². The molecule has 0 saturated heterocycles. The molecule has 118 valence electrons. The van der Waals surface area contributed by atoms with E-state index in [1.165, 1.54) is 52.2 Å². The van der Waals surface area contributed by atoms with Crippen LogP contribution in [0.3, 0.4) is 0 Å². The summed E-state index contributed by atoms with van der Waals surface area (Å²) in [5, 5.41) is 0. The quantitative estimate of drug-likeness (QED) is 0.536. The Kier molecular flexibility index (Phi) is 7.65. The first-order chi connectivity index (χ1) is 9.39. The van der Waals surface area contributed by atoms with Crippen molar-refractivity contribution in [3.8, 4) is 0 Å². The highest BCUT2D eigenvalue weighted by Gasteiger charge is 2.31. The number of hydrogen-bond donors (Lipinski definition) is 0. The molecular formula is C18H37BO. The first-order valence-electron chi connectivity index (χ1n) is 8.92. The van der Waals surface area contributed by atoms with Crippen molar-refractivity contribution in [3.63, 3.8) is 0 Å². The second kappa shape index (κ2) is 8.46. The Morgan fingerprint density at radius 1 is 1.15 bits per heavy atom. The van der Waals surface area contributed by atoms with Crippen LogP contribution in [-0.2, 0) is 4.74 Å². The van der Waals surface area contributed by atoms with Crippen molar-refractivity contribution >= 4 is 7.28 Å². The first-order valence-corrected chi connectivity index (χ1v) is 8.92. The average Bonchev–Trinajstić information content (AvgIpc) is 2.46. The first kappa shape index (κ1) is 18.1. The molecule has 3 unspecified atom stereocenters. The van der Waals surface area contributed by atoms with Gasteiger partial charge in [-0.25, -0.2) is 0 Å². The molecule has 0 spiro atoms. The lowest BCUT2D eigenvalue weighted by atomic mass is 9.46. The molecule has 2 heteroatoms. The molecule has 0 N–H and O–H groups in total. The topological polar surface area (TPSA) is 9.23 Å². The molecule has 0 heterocycles. The molecule has 20 heavy (non-hydrogen) atoms. The Bertz CT molecular complexity index is 258. The second-order valence-electron chi connectivity index (χ2n) is 8.03. The molecule has 0 aromatic heterocycles. The van der Waals surface area contributed by atoms with Crippen molar-refractivity contribution in [1.82, 2.24) is 0 Å². The molecule has 1 nitrogen and oxygen atoms in total. The Labute approximate surface area is 128 Å². The van der Waals surface area contributed by atoms with E-state index >= 15 is 0 Å². The molecular weight excluding hydrogens is 243 g/mol. The van der Waals surface area contributed by atoms with E-state index in [4.69, 9.17) is 4.74 Å². The monoisotopic (exact) mass is 280 g/mol. The van der Waals surface area contributed by atoms with Gasteiger partial charge < -0.3 is 4.74 Å². The molecule has 0 aromatic carbocycles. The fourth-order valence-electron chi connectivity index (χ4n) is 3.80. The van der Waals surface area contributed by atoms with Crippen LogP contribution in [0.2, 0.25) is 11.6 Å². The minimum atomic E-state index is 0.394. The highest BCUT2D eigenvalue weighted by Crippen LogP contribution is 2.43. The van der Waals surface area contributed by atoms with Gasteiger partial charge >= 0.3 is 0 Å². The van der Waals surface area contributed by atoms with Gasteiger partial charge in [-0.2, -0.15) is 0 Å². The van der Waals surface area contributed by atoms with Gasteiger partial charge in [-0.3, -0.25) is 0 Å². The molecule has 0 radical (unpaired) electrons. The summed E-state index contributed by atoms with van der Waals surface area (Å²) >= 11 is 0. The summed E-state index contributed by atoms with van der Waals surface area (Å²) in [7, 11) is 3.20. The van der Waals surface area contributed by atoms with Crippen LogP contribution in [0.15, 0.2) is 0 Å². The summed E-state index contributed by atoms with van der Waals surface area (Å²) in [6.45, 7) is 11.9. The zero-order chi connectivity index (χ0) is 15.2. The molecule has 1 fully saturated rings. The third-order valence-electron chi connectivity index (χ3n) is 5.94. The molecule has 0 bridgehead atoms. The summed E-state index contributed by atoms with van der Waals surface area (Å²) in [5.41, 5.74) is 0.498. The van der Waals surface area contributed by atoms with Gasteiger partial charge in [0.05, 0.1) is 6.10 Å². The van der Waals surface area contributed by atoms with Gasteiger partial charge in [0.25, 0.3) is 0 Å². The summed E-state index contributed by atoms with van der Waals surface area (Å²) in [6, 6.07) is 0. The van der Waals surface area contributed by atoms with Crippen molar-refractivity contribution in [1.29, 1.82) is 0 Å². The highest BCUT2D eigenvalue weighted by atomic mass is 16.5. The smallest absolute Gasteiger partial charge is 0.130 e. The van der Waals surface area contributed by atoms with Gasteiger partial charge in [0, 0.05) is 7.11 Å². The molecule has 0 aromatic rings. The molecule has 1 saturated carbocycles. The Hall–Kier alpha value is 0.0249. The summed E-state index contributed by atoms with van der Waals surface area (Å²) in [5.74, 6) is 2.55. The van der Waals surface area contributed by atoms with Gasteiger partial charge in [-0.1, -0.05) is 78.5 Å². The summed E-state index contributed by atoms with van der Waals surface area (Å²) in [6.07, 6.45) is 10.4. The fourth-order valence-corrected chi connectivity index (χ4v) is 3.80. The zero-order valence-corrected chi connectivity index (χ0v) is 14.9. The van der Waals surface area contributed by atoms with E-state index in [0.29, 0.717) is 17.3 Å². The summed E-state index contributed by atoms with van der Waals surface area (Å²) < 4.78 is 5.56. The van der Waals surface area contributed by atoms with Gasteiger partial charge in [-0.05, 0) is 24.1 Å². The largest absolute Gasteiger partial charge is 0.382 e. The fraction of sp³-hybridized carbons (Fsp3) is 1.00. The SMILES string of the molecule is CCC(C)(C)CC(BC(C)C(C)OC)C1CCCCC1. The van der Waals surface area contributed by atoms with Crippen molar-refractivity contribution in [2.24, 2.45) is 11.3 Å². The lowest BCUT2D eigenvalue weighted by molar-refractivity contribution is 0.114. The van der Waals surface area contributed by atoms with Crippen molar-refractivity contribution in [2.75, 3.05) is 7.11 Å². The van der Waals surface area contributed by atoms with E-state index in [1.807, 2.05) is 7.11 Å². The molecule has 3 atom stereocenters. The third kappa shape index (κ3) is 5.80. The molecule has 1 aliphatic carbocycles. The maximum Gasteiger partial charge on any atom is 0.130 e. The Morgan fingerprint density at radius 3 is 2.25 bits per heavy atom. The third-order valence-corrected chi connectivity index (χ3v) is 5.94. The van der Waals surface area contributed by atoms with Crippen LogP contribution in [0.4, 0.5) is 0 Å². The van der Waals surface area contributed by atoms with Gasteiger partial charge in [-0.15, -0.1) is 0 Å². The van der Waals surface area contributed by atoms with Crippen molar-refractivity contribution in [2.45, 2.75) is 97.3 Å². The van der Waals surface area contributed by atoms with Crippen LogP contribution in [0.1, 0.15) is 79.6 Å². The number of rotatable bonds is 8. The average molecular weight is 280 g/mol. The maximum absolute atomic E-state index is 5.56. The van der Waals surface area contributed by atoms with Gasteiger partial charge in [0.2, 0.25) is 0 Å². The van der Waals surface area contributed by atoms with Crippen molar-refractivity contribution < 1.29 is 4.74 Å². The number of ether oxygens (including phenoxy) is 1. The van der Waals surface area contributed by atoms with E-state index in [1.54, 1.807) is 0 Å². The molecule has 0 aliphatic heterocycles. The maximum atomic E-state index is 5.56. The lowest BCUT2D eigenvalue weighted by Gasteiger charge is -2.37. The summed E-state index contributed by atoms with van der Waals surface area (Å²) in [4.78, 5) is 0. The Balaban J connectivity index is 2.67. The minimum Gasteiger partial charge on any atom is -0.382 e. The molecule has 1 aliphatic rings. The van der Waals surface area contributed by atoms with Crippen LogP contribution in [0.5, 0.6) is 0 Å². The molecule has 0 amide bonds. The van der Waals surface area contributed by atoms with Crippen LogP contribution in [-0.4, -0.2) is 20.5 Å². The lowest BCUT2D eigenvalue weighted by Crippen LogP contribution is -2.29. The van der Waals surface area contributed by atoms with Gasteiger partial charge in [0.1, 0.15) is 7.28 Å². The zero-order valence-electron chi connectivity index (χ0n) is 14.9. The standard InChI is InChI=1S/C18H37BO/c1-7-18(4,5)13-17(16-11-9-8-10-12-16)19-14(2)15(3)20-6/h14-17,19H,7-13H2,1-6H3. The predicted molar refractivity (Wildman–Crippen MR) is 92.1 cm³/mol. The van der Waals surface area contributed by atoms with Crippen LogP contribution >= 0.6 is 0 Å². The van der Waals surface area contributed by atoms with Crippen LogP contribution < -0.4 is 0 Å². The normalized spacial score (nSPS) is 22.3. The number of hydrogen-bond acceptors (Lipinski definition) is 1.